The van der Waals surface area contributed by atoms with Gasteiger partial charge in [0.15, 0.2) is 0 Å². The van der Waals surface area contributed by atoms with Gasteiger partial charge in [-0.15, -0.1) is 0 Å². The number of hydrogen-bond donors (Lipinski definition) is 2. The highest BCUT2D eigenvalue weighted by Gasteiger charge is 1.98. The predicted octanol–water partition coefficient (Wildman–Crippen LogP) is 6.09. The molecule has 0 atom stereocenters. The van der Waals surface area contributed by atoms with Crippen molar-refractivity contribution in [3.05, 3.63) is 0 Å². The Morgan fingerprint density at radius 3 is 1.24 bits per heavy atom. The van der Waals surface area contributed by atoms with Gasteiger partial charge in [0.05, 0.1) is 6.61 Å². The van der Waals surface area contributed by atoms with Gasteiger partial charge in [0, 0.05) is 0 Å². The SMILES string of the molecule is CCCCCCCCCCCCCCCCCOP(O)O. The molecule has 0 spiro atoms. The first kappa shape index (κ1) is 21.3. The smallest absolute Gasteiger partial charge is 0.327 e. The van der Waals surface area contributed by atoms with Crippen LogP contribution in [-0.4, -0.2) is 16.4 Å². The van der Waals surface area contributed by atoms with Gasteiger partial charge in [0.25, 0.3) is 0 Å². The third kappa shape index (κ3) is 20.3. The molecule has 0 fully saturated rings. The molecule has 0 radical (unpaired) electrons. The molecule has 21 heavy (non-hydrogen) atoms. The average Bonchev–Trinajstić information content (AvgIpc) is 2.46. The Labute approximate surface area is 133 Å². The van der Waals surface area contributed by atoms with Crippen molar-refractivity contribution in [2.24, 2.45) is 0 Å². The van der Waals surface area contributed by atoms with Crippen LogP contribution in [0.5, 0.6) is 0 Å². The van der Waals surface area contributed by atoms with Crippen molar-refractivity contribution in [3.63, 3.8) is 0 Å². The molecule has 0 saturated heterocycles. The zero-order valence-corrected chi connectivity index (χ0v) is 15.0. The maximum absolute atomic E-state index is 8.57. The fourth-order valence-corrected chi connectivity index (χ4v) is 2.91. The zero-order chi connectivity index (χ0) is 15.6. The van der Waals surface area contributed by atoms with Gasteiger partial charge in [-0.2, -0.15) is 0 Å². The molecule has 4 heteroatoms. The second kappa shape index (κ2) is 18.4. The largest absolute Gasteiger partial charge is 0.328 e. The minimum Gasteiger partial charge on any atom is -0.328 e. The quantitative estimate of drug-likeness (QED) is 0.252. The Balaban J connectivity index is 2.93. The summed E-state index contributed by atoms with van der Waals surface area (Å²) in [6, 6.07) is 0. The third-order valence-electron chi connectivity index (χ3n) is 3.95. The highest BCUT2D eigenvalue weighted by molar-refractivity contribution is 7.39. The monoisotopic (exact) mass is 320 g/mol. The molecule has 0 aliphatic carbocycles. The van der Waals surface area contributed by atoms with Gasteiger partial charge < -0.3 is 14.3 Å². The second-order valence-corrected chi connectivity index (χ2v) is 6.80. The molecular formula is C17H37O3P. The fraction of sp³-hybridized carbons (Fsp3) is 1.00. The molecule has 0 aromatic heterocycles. The van der Waals surface area contributed by atoms with Crippen LogP contribution in [0.4, 0.5) is 0 Å². The van der Waals surface area contributed by atoms with Crippen LogP contribution in [0.15, 0.2) is 0 Å². The van der Waals surface area contributed by atoms with E-state index < -0.39 is 8.60 Å². The van der Waals surface area contributed by atoms with Crippen molar-refractivity contribution >= 4 is 8.60 Å². The Morgan fingerprint density at radius 2 is 0.905 bits per heavy atom. The normalized spacial score (nSPS) is 11.4. The summed E-state index contributed by atoms with van der Waals surface area (Å²) in [4.78, 5) is 17.1. The Morgan fingerprint density at radius 1 is 0.571 bits per heavy atom. The molecule has 0 aliphatic rings. The van der Waals surface area contributed by atoms with Gasteiger partial charge in [-0.25, -0.2) is 0 Å². The molecular weight excluding hydrogens is 283 g/mol. The highest BCUT2D eigenvalue weighted by atomic mass is 31.2. The molecule has 0 saturated carbocycles. The Bertz CT molecular complexity index is 189. The van der Waals surface area contributed by atoms with Crippen molar-refractivity contribution in [3.8, 4) is 0 Å². The van der Waals surface area contributed by atoms with E-state index >= 15 is 0 Å². The van der Waals surface area contributed by atoms with Gasteiger partial charge >= 0.3 is 8.60 Å². The molecule has 0 aliphatic heterocycles. The lowest BCUT2D eigenvalue weighted by molar-refractivity contribution is 0.248. The van der Waals surface area contributed by atoms with Crippen molar-refractivity contribution in [1.82, 2.24) is 0 Å². The molecule has 0 heterocycles. The number of hydrogen-bond acceptors (Lipinski definition) is 3. The summed E-state index contributed by atoms with van der Waals surface area (Å²) in [5.41, 5.74) is 0. The lowest BCUT2D eigenvalue weighted by Gasteiger charge is -2.04. The maximum Gasteiger partial charge on any atom is 0.327 e. The van der Waals surface area contributed by atoms with Crippen LogP contribution in [0, 0.1) is 0 Å². The van der Waals surface area contributed by atoms with Gasteiger partial charge in [-0.1, -0.05) is 96.8 Å². The summed E-state index contributed by atoms with van der Waals surface area (Å²) in [6.07, 6.45) is 20.1. The first-order chi connectivity index (χ1) is 10.3. The van der Waals surface area contributed by atoms with Crippen molar-refractivity contribution < 1.29 is 14.3 Å². The van der Waals surface area contributed by atoms with Crippen LogP contribution >= 0.6 is 8.60 Å². The molecule has 3 nitrogen and oxygen atoms in total. The van der Waals surface area contributed by atoms with E-state index in [1.807, 2.05) is 0 Å². The molecule has 0 aromatic carbocycles. The molecule has 0 amide bonds. The van der Waals surface area contributed by atoms with E-state index in [0.29, 0.717) is 6.61 Å². The highest BCUT2D eigenvalue weighted by Crippen LogP contribution is 2.24. The van der Waals surface area contributed by atoms with Crippen LogP contribution in [-0.2, 0) is 4.52 Å². The van der Waals surface area contributed by atoms with Gasteiger partial charge in [-0.3, -0.25) is 0 Å². The van der Waals surface area contributed by atoms with E-state index in [1.54, 1.807) is 0 Å². The van der Waals surface area contributed by atoms with E-state index in [1.165, 1.54) is 83.5 Å². The minimum atomic E-state index is -2.14. The van der Waals surface area contributed by atoms with E-state index in [4.69, 9.17) is 14.3 Å². The molecule has 0 unspecified atom stereocenters. The average molecular weight is 320 g/mol. The summed E-state index contributed by atoms with van der Waals surface area (Å²) >= 11 is 0. The van der Waals surface area contributed by atoms with E-state index in [2.05, 4.69) is 6.92 Å². The van der Waals surface area contributed by atoms with Gasteiger partial charge in [0.1, 0.15) is 0 Å². The standard InChI is InChI=1S/C17H37O3P/c1-2-3-4-5-6-7-8-9-10-11-12-13-14-15-16-17-20-21(18)19/h18-19H,2-17H2,1H3. The van der Waals surface area contributed by atoms with Gasteiger partial charge in [-0.05, 0) is 6.42 Å². The van der Waals surface area contributed by atoms with Crippen LogP contribution in [0.1, 0.15) is 103 Å². The first-order valence-electron chi connectivity index (χ1n) is 9.08. The van der Waals surface area contributed by atoms with Crippen LogP contribution in [0.25, 0.3) is 0 Å². The van der Waals surface area contributed by atoms with Crippen molar-refractivity contribution in [1.29, 1.82) is 0 Å². The molecule has 0 aromatic rings. The lowest BCUT2D eigenvalue weighted by Crippen LogP contribution is -1.89. The Hall–Kier alpha value is 0.310. The topological polar surface area (TPSA) is 49.7 Å². The van der Waals surface area contributed by atoms with Crippen molar-refractivity contribution in [2.45, 2.75) is 103 Å². The van der Waals surface area contributed by atoms with E-state index in [0.717, 1.165) is 12.8 Å². The predicted molar refractivity (Wildman–Crippen MR) is 92.2 cm³/mol. The molecule has 0 bridgehead atoms. The van der Waals surface area contributed by atoms with Crippen LogP contribution in [0.2, 0.25) is 0 Å². The van der Waals surface area contributed by atoms with E-state index in [9.17, 15) is 0 Å². The summed E-state index contributed by atoms with van der Waals surface area (Å²) in [6.45, 7) is 2.75. The Kier molecular flexibility index (Phi) is 18.6. The summed E-state index contributed by atoms with van der Waals surface area (Å²) in [7, 11) is -2.14. The molecule has 0 rings (SSSR count). The molecule has 128 valence electrons. The summed E-state index contributed by atoms with van der Waals surface area (Å²) in [5, 5.41) is 0. The van der Waals surface area contributed by atoms with Gasteiger partial charge in [0.2, 0.25) is 0 Å². The third-order valence-corrected chi connectivity index (χ3v) is 4.37. The summed E-state index contributed by atoms with van der Waals surface area (Å²) in [5.74, 6) is 0. The number of rotatable bonds is 17. The fourth-order valence-electron chi connectivity index (χ4n) is 2.62. The first-order valence-corrected chi connectivity index (χ1v) is 10.2. The lowest BCUT2D eigenvalue weighted by atomic mass is 10.0. The summed E-state index contributed by atoms with van der Waals surface area (Å²) < 4.78 is 4.73. The zero-order valence-electron chi connectivity index (χ0n) is 14.1. The van der Waals surface area contributed by atoms with E-state index in [-0.39, 0.29) is 0 Å². The van der Waals surface area contributed by atoms with Crippen LogP contribution in [0.3, 0.4) is 0 Å². The van der Waals surface area contributed by atoms with Crippen molar-refractivity contribution in [2.75, 3.05) is 6.61 Å². The second-order valence-electron chi connectivity index (χ2n) is 6.04. The minimum absolute atomic E-state index is 0.483. The number of unbranched alkanes of at least 4 members (excludes halogenated alkanes) is 14. The molecule has 2 N–H and O–H groups in total. The maximum atomic E-state index is 8.57. The van der Waals surface area contributed by atoms with Crippen LogP contribution < -0.4 is 0 Å².